The molecule has 0 fully saturated rings. The first-order chi connectivity index (χ1) is 9.72. The number of anilines is 1. The molecular weight excluding hydrogens is 242 g/mol. The summed E-state index contributed by atoms with van der Waals surface area (Å²) in [6.45, 7) is 4.49. The van der Waals surface area contributed by atoms with Crippen LogP contribution in [0.15, 0.2) is 48.5 Å². The smallest absolute Gasteiger partial charge is 0.0345 e. The molecule has 0 bridgehead atoms. The topological polar surface area (TPSA) is 12.0 Å². The van der Waals surface area contributed by atoms with E-state index in [2.05, 4.69) is 67.7 Å². The van der Waals surface area contributed by atoms with Crippen LogP contribution in [0.1, 0.15) is 42.9 Å². The molecule has 0 spiro atoms. The molecular formula is C19H23N. The SMILES string of the molecule is CC(C)c1cccc(NC2CCc3ccccc3C2)c1. The van der Waals surface area contributed by atoms with E-state index in [-0.39, 0.29) is 0 Å². The molecule has 1 aliphatic carbocycles. The highest BCUT2D eigenvalue weighted by atomic mass is 14.9. The second kappa shape index (κ2) is 5.70. The van der Waals surface area contributed by atoms with Gasteiger partial charge < -0.3 is 5.32 Å². The average Bonchev–Trinajstić information content (AvgIpc) is 2.47. The Morgan fingerprint density at radius 2 is 1.80 bits per heavy atom. The zero-order valence-electron chi connectivity index (χ0n) is 12.4. The summed E-state index contributed by atoms with van der Waals surface area (Å²) < 4.78 is 0. The van der Waals surface area contributed by atoms with Crippen LogP contribution in [0, 0.1) is 0 Å². The Bertz CT molecular complexity index is 586. The third-order valence-corrected chi connectivity index (χ3v) is 4.27. The fourth-order valence-electron chi connectivity index (χ4n) is 3.04. The Hall–Kier alpha value is -1.76. The van der Waals surface area contributed by atoms with E-state index in [1.54, 1.807) is 0 Å². The molecule has 20 heavy (non-hydrogen) atoms. The zero-order valence-corrected chi connectivity index (χ0v) is 12.4. The van der Waals surface area contributed by atoms with E-state index in [0.29, 0.717) is 12.0 Å². The van der Waals surface area contributed by atoms with E-state index >= 15 is 0 Å². The summed E-state index contributed by atoms with van der Waals surface area (Å²) in [4.78, 5) is 0. The molecule has 1 aliphatic rings. The summed E-state index contributed by atoms with van der Waals surface area (Å²) in [5.74, 6) is 0.587. The number of hydrogen-bond acceptors (Lipinski definition) is 1. The molecule has 0 saturated heterocycles. The maximum absolute atomic E-state index is 3.72. The summed E-state index contributed by atoms with van der Waals surface area (Å²) in [5, 5.41) is 3.72. The van der Waals surface area contributed by atoms with Crippen molar-refractivity contribution in [1.29, 1.82) is 0 Å². The zero-order chi connectivity index (χ0) is 13.9. The second-order valence-electron chi connectivity index (χ2n) is 6.13. The van der Waals surface area contributed by atoms with Gasteiger partial charge in [-0.3, -0.25) is 0 Å². The van der Waals surface area contributed by atoms with Gasteiger partial charge in [-0.05, 0) is 54.0 Å². The lowest BCUT2D eigenvalue weighted by molar-refractivity contribution is 0.611. The molecule has 1 atom stereocenters. The molecule has 0 aliphatic heterocycles. The van der Waals surface area contributed by atoms with E-state index in [1.807, 2.05) is 0 Å². The fraction of sp³-hybridized carbons (Fsp3) is 0.368. The van der Waals surface area contributed by atoms with Crippen LogP contribution in [-0.4, -0.2) is 6.04 Å². The molecule has 1 unspecified atom stereocenters. The monoisotopic (exact) mass is 265 g/mol. The first kappa shape index (κ1) is 13.2. The van der Waals surface area contributed by atoms with Crippen molar-refractivity contribution in [2.45, 2.75) is 45.1 Å². The maximum Gasteiger partial charge on any atom is 0.0345 e. The van der Waals surface area contributed by atoms with Crippen LogP contribution in [0.5, 0.6) is 0 Å². The Morgan fingerprint density at radius 3 is 2.60 bits per heavy atom. The first-order valence-electron chi connectivity index (χ1n) is 7.65. The van der Waals surface area contributed by atoms with Crippen LogP contribution in [0.4, 0.5) is 5.69 Å². The Morgan fingerprint density at radius 1 is 1.00 bits per heavy atom. The van der Waals surface area contributed by atoms with Crippen LogP contribution in [0.25, 0.3) is 0 Å². The van der Waals surface area contributed by atoms with Gasteiger partial charge in [0.15, 0.2) is 0 Å². The van der Waals surface area contributed by atoms with Crippen molar-refractivity contribution >= 4 is 5.69 Å². The summed E-state index contributed by atoms with van der Waals surface area (Å²) in [7, 11) is 0. The predicted molar refractivity (Wildman–Crippen MR) is 86.4 cm³/mol. The van der Waals surface area contributed by atoms with Crippen LogP contribution in [-0.2, 0) is 12.8 Å². The highest BCUT2D eigenvalue weighted by Crippen LogP contribution is 2.25. The van der Waals surface area contributed by atoms with Crippen molar-refractivity contribution in [2.24, 2.45) is 0 Å². The van der Waals surface area contributed by atoms with Crippen molar-refractivity contribution in [3.05, 3.63) is 65.2 Å². The van der Waals surface area contributed by atoms with Crippen LogP contribution >= 0.6 is 0 Å². The summed E-state index contributed by atoms with van der Waals surface area (Å²) in [5.41, 5.74) is 5.71. The van der Waals surface area contributed by atoms with Crippen LogP contribution in [0.2, 0.25) is 0 Å². The minimum atomic E-state index is 0.562. The molecule has 0 heterocycles. The van der Waals surface area contributed by atoms with E-state index in [1.165, 1.54) is 35.2 Å². The van der Waals surface area contributed by atoms with Gasteiger partial charge >= 0.3 is 0 Å². The van der Waals surface area contributed by atoms with Crippen molar-refractivity contribution in [3.8, 4) is 0 Å². The summed E-state index contributed by atoms with van der Waals surface area (Å²) in [6.07, 6.45) is 3.56. The third kappa shape index (κ3) is 2.87. The number of benzene rings is 2. The summed E-state index contributed by atoms with van der Waals surface area (Å²) in [6, 6.07) is 18.3. The first-order valence-corrected chi connectivity index (χ1v) is 7.65. The van der Waals surface area contributed by atoms with Crippen LogP contribution in [0.3, 0.4) is 0 Å². The standard InChI is InChI=1S/C19H23N/c1-14(2)16-8-5-9-18(12-16)20-19-11-10-15-6-3-4-7-17(15)13-19/h3-9,12,14,19-20H,10-11,13H2,1-2H3. The van der Waals surface area contributed by atoms with Gasteiger partial charge in [0.25, 0.3) is 0 Å². The van der Waals surface area contributed by atoms with Crippen molar-refractivity contribution in [2.75, 3.05) is 5.32 Å². The predicted octanol–water partition coefficient (Wildman–Crippen LogP) is 4.78. The fourth-order valence-corrected chi connectivity index (χ4v) is 3.04. The van der Waals surface area contributed by atoms with Crippen molar-refractivity contribution in [1.82, 2.24) is 0 Å². The van der Waals surface area contributed by atoms with Crippen molar-refractivity contribution in [3.63, 3.8) is 0 Å². The van der Waals surface area contributed by atoms with Gasteiger partial charge in [0, 0.05) is 11.7 Å². The van der Waals surface area contributed by atoms with Gasteiger partial charge in [0.1, 0.15) is 0 Å². The molecule has 0 saturated carbocycles. The van der Waals surface area contributed by atoms with Gasteiger partial charge in [0.05, 0.1) is 0 Å². The lowest BCUT2D eigenvalue weighted by Crippen LogP contribution is -2.27. The van der Waals surface area contributed by atoms with Gasteiger partial charge in [0.2, 0.25) is 0 Å². The normalized spacial score (nSPS) is 17.9. The Kier molecular flexibility index (Phi) is 3.77. The highest BCUT2D eigenvalue weighted by Gasteiger charge is 2.17. The molecule has 1 heteroatoms. The number of fused-ring (bicyclic) bond motifs is 1. The molecule has 1 nitrogen and oxygen atoms in total. The van der Waals surface area contributed by atoms with Crippen LogP contribution < -0.4 is 5.32 Å². The van der Waals surface area contributed by atoms with E-state index in [0.717, 1.165) is 6.42 Å². The molecule has 2 aromatic carbocycles. The Balaban J connectivity index is 1.72. The van der Waals surface area contributed by atoms with Gasteiger partial charge in [-0.2, -0.15) is 0 Å². The Labute approximate surface area is 122 Å². The molecule has 0 aromatic heterocycles. The van der Waals surface area contributed by atoms with E-state index in [9.17, 15) is 0 Å². The number of rotatable bonds is 3. The highest BCUT2D eigenvalue weighted by molar-refractivity contribution is 5.48. The lowest BCUT2D eigenvalue weighted by Gasteiger charge is -2.26. The van der Waals surface area contributed by atoms with Gasteiger partial charge in [-0.15, -0.1) is 0 Å². The van der Waals surface area contributed by atoms with Crippen molar-refractivity contribution < 1.29 is 0 Å². The van der Waals surface area contributed by atoms with Gasteiger partial charge in [-0.1, -0.05) is 50.2 Å². The molecule has 1 N–H and O–H groups in total. The molecule has 104 valence electrons. The minimum Gasteiger partial charge on any atom is -0.382 e. The second-order valence-corrected chi connectivity index (χ2v) is 6.13. The molecule has 0 radical (unpaired) electrons. The lowest BCUT2D eigenvalue weighted by atomic mass is 9.88. The minimum absolute atomic E-state index is 0.562. The molecule has 3 rings (SSSR count). The maximum atomic E-state index is 3.72. The molecule has 0 amide bonds. The summed E-state index contributed by atoms with van der Waals surface area (Å²) >= 11 is 0. The number of nitrogens with one attached hydrogen (secondary N) is 1. The number of aryl methyl sites for hydroxylation is 1. The quantitative estimate of drug-likeness (QED) is 0.842. The average molecular weight is 265 g/mol. The number of hydrogen-bond donors (Lipinski definition) is 1. The van der Waals surface area contributed by atoms with E-state index < -0.39 is 0 Å². The third-order valence-electron chi connectivity index (χ3n) is 4.27. The van der Waals surface area contributed by atoms with Gasteiger partial charge in [-0.25, -0.2) is 0 Å². The molecule has 2 aromatic rings. The van der Waals surface area contributed by atoms with E-state index in [4.69, 9.17) is 0 Å². The largest absolute Gasteiger partial charge is 0.382 e.